The van der Waals surface area contributed by atoms with Crippen molar-refractivity contribution in [1.29, 1.82) is 0 Å². The maximum Gasteiger partial charge on any atom is 0.305 e. The molecule has 0 aliphatic carbocycles. The molecule has 19 heavy (non-hydrogen) atoms. The fourth-order valence-corrected chi connectivity index (χ4v) is 2.17. The van der Waals surface area contributed by atoms with Gasteiger partial charge in [0, 0.05) is 25.5 Å². The Morgan fingerprint density at radius 3 is 3.11 bits per heavy atom. The molecule has 1 aliphatic rings. The number of carboxylic acid groups (broad SMARTS) is 1. The highest BCUT2D eigenvalue weighted by Crippen LogP contribution is 2.10. The number of nitrogens with one attached hydrogen (secondary N) is 1. The average Bonchev–Trinajstić information content (AvgIpc) is 2.55. The van der Waals surface area contributed by atoms with Gasteiger partial charge in [-0.2, -0.15) is 0 Å². The second-order valence-corrected chi connectivity index (χ2v) is 4.58. The summed E-state index contributed by atoms with van der Waals surface area (Å²) in [4.78, 5) is 28.8. The molecule has 0 aromatic carbocycles. The zero-order chi connectivity index (χ0) is 13.7. The molecule has 0 bridgehead atoms. The minimum atomic E-state index is -0.964. The van der Waals surface area contributed by atoms with E-state index in [4.69, 9.17) is 5.11 Å². The summed E-state index contributed by atoms with van der Waals surface area (Å²) in [5.74, 6) is -1.11. The average molecular weight is 263 g/mol. The smallest absolute Gasteiger partial charge is 0.305 e. The monoisotopic (exact) mass is 263 g/mol. The Balaban J connectivity index is 2.06. The molecule has 1 saturated heterocycles. The van der Waals surface area contributed by atoms with Crippen molar-refractivity contribution < 1.29 is 14.7 Å². The first kappa shape index (κ1) is 13.5. The number of aliphatic carboxylic acids is 1. The predicted molar refractivity (Wildman–Crippen MR) is 68.3 cm³/mol. The fourth-order valence-electron chi connectivity index (χ4n) is 2.17. The third kappa shape index (κ3) is 3.75. The van der Waals surface area contributed by atoms with Gasteiger partial charge in [0.15, 0.2) is 0 Å². The molecule has 1 aliphatic heterocycles. The van der Waals surface area contributed by atoms with Gasteiger partial charge >= 0.3 is 5.97 Å². The van der Waals surface area contributed by atoms with E-state index < -0.39 is 12.0 Å². The first-order valence-electron chi connectivity index (χ1n) is 6.29. The summed E-state index contributed by atoms with van der Waals surface area (Å²) in [6, 6.07) is 3.10. The van der Waals surface area contributed by atoms with Crippen LogP contribution >= 0.6 is 0 Å². The molecule has 1 amide bonds. The topological polar surface area (TPSA) is 82.5 Å². The second kappa shape index (κ2) is 6.29. The summed E-state index contributed by atoms with van der Waals surface area (Å²) in [6.45, 7) is 1.77. The minimum absolute atomic E-state index is 0.149. The third-order valence-corrected chi connectivity index (χ3v) is 3.08. The summed E-state index contributed by atoms with van der Waals surface area (Å²) in [6.07, 6.45) is 4.05. The van der Waals surface area contributed by atoms with Gasteiger partial charge in [0.25, 0.3) is 0 Å². The number of carboxylic acids is 1. The van der Waals surface area contributed by atoms with Crippen molar-refractivity contribution in [3.8, 4) is 0 Å². The number of nitrogens with zero attached hydrogens (tertiary/aromatic N) is 2. The Kier molecular flexibility index (Phi) is 4.46. The fraction of sp³-hybridized carbons (Fsp3) is 0.462. The summed E-state index contributed by atoms with van der Waals surface area (Å²) in [5.41, 5.74) is 0.951. The van der Waals surface area contributed by atoms with E-state index in [0.29, 0.717) is 19.6 Å². The van der Waals surface area contributed by atoms with E-state index in [2.05, 4.69) is 10.3 Å². The predicted octanol–water partition coefficient (Wildman–Crippen LogP) is 0.247. The zero-order valence-corrected chi connectivity index (χ0v) is 10.6. The molecular formula is C13H17N3O3. The van der Waals surface area contributed by atoms with Gasteiger partial charge in [-0.25, -0.2) is 0 Å². The normalized spacial score (nSPS) is 20.1. The van der Waals surface area contributed by atoms with Crippen molar-refractivity contribution in [1.82, 2.24) is 15.2 Å². The molecule has 1 aromatic rings. The van der Waals surface area contributed by atoms with Gasteiger partial charge in [-0.05, 0) is 24.6 Å². The molecule has 0 radical (unpaired) electrons. The number of carbonyl (C=O) groups is 2. The highest BCUT2D eigenvalue weighted by molar-refractivity contribution is 5.86. The molecule has 0 spiro atoms. The first-order valence-corrected chi connectivity index (χ1v) is 6.29. The third-order valence-electron chi connectivity index (χ3n) is 3.08. The summed E-state index contributed by atoms with van der Waals surface area (Å²) < 4.78 is 0. The molecule has 1 aromatic heterocycles. The lowest BCUT2D eigenvalue weighted by Crippen LogP contribution is -2.44. The maximum atomic E-state index is 12.3. The van der Waals surface area contributed by atoms with E-state index in [1.165, 1.54) is 0 Å². The first-order chi connectivity index (χ1) is 9.16. The summed E-state index contributed by atoms with van der Waals surface area (Å²) >= 11 is 0. The lowest BCUT2D eigenvalue weighted by atomic mass is 10.1. The van der Waals surface area contributed by atoms with Crippen LogP contribution in [0.3, 0.4) is 0 Å². The number of aromatic nitrogens is 1. The standard InChI is InChI=1S/C13H17N3O3/c17-12(18)7-11-13(19)16(6-2-5-15-11)9-10-3-1-4-14-8-10/h1,3-4,8,11,15H,2,5-7,9H2,(H,17,18). The van der Waals surface area contributed by atoms with E-state index in [-0.39, 0.29) is 12.3 Å². The number of hydrogen-bond donors (Lipinski definition) is 2. The molecule has 6 nitrogen and oxygen atoms in total. The Morgan fingerprint density at radius 2 is 2.42 bits per heavy atom. The number of rotatable bonds is 4. The van der Waals surface area contributed by atoms with Gasteiger partial charge in [0.2, 0.25) is 5.91 Å². The molecule has 0 saturated carbocycles. The molecule has 6 heteroatoms. The Labute approximate surface area is 111 Å². The molecule has 2 heterocycles. The Morgan fingerprint density at radius 1 is 1.58 bits per heavy atom. The molecule has 1 fully saturated rings. The SMILES string of the molecule is O=C(O)CC1NCCCN(Cc2cccnc2)C1=O. The van der Waals surface area contributed by atoms with Crippen LogP contribution in [0.15, 0.2) is 24.5 Å². The van der Waals surface area contributed by atoms with Gasteiger partial charge in [0.1, 0.15) is 0 Å². The van der Waals surface area contributed by atoms with Crippen LogP contribution in [0.4, 0.5) is 0 Å². The molecular weight excluding hydrogens is 246 g/mol. The van der Waals surface area contributed by atoms with E-state index in [1.807, 2.05) is 12.1 Å². The lowest BCUT2D eigenvalue weighted by molar-refractivity contribution is -0.142. The van der Waals surface area contributed by atoms with E-state index in [0.717, 1.165) is 12.0 Å². The molecule has 1 unspecified atom stereocenters. The number of pyridine rings is 1. The van der Waals surface area contributed by atoms with Crippen LogP contribution < -0.4 is 5.32 Å². The van der Waals surface area contributed by atoms with Crippen LogP contribution in [-0.4, -0.2) is 46.0 Å². The largest absolute Gasteiger partial charge is 0.481 e. The number of hydrogen-bond acceptors (Lipinski definition) is 4. The maximum absolute atomic E-state index is 12.3. The molecule has 1 atom stereocenters. The second-order valence-electron chi connectivity index (χ2n) is 4.58. The van der Waals surface area contributed by atoms with Crippen molar-refractivity contribution in [2.75, 3.05) is 13.1 Å². The van der Waals surface area contributed by atoms with Crippen molar-refractivity contribution in [3.05, 3.63) is 30.1 Å². The van der Waals surface area contributed by atoms with Gasteiger partial charge in [-0.3, -0.25) is 14.6 Å². The highest BCUT2D eigenvalue weighted by Gasteiger charge is 2.28. The van der Waals surface area contributed by atoms with E-state index in [9.17, 15) is 9.59 Å². The van der Waals surface area contributed by atoms with Crippen molar-refractivity contribution in [2.45, 2.75) is 25.4 Å². The number of carbonyl (C=O) groups excluding carboxylic acids is 1. The van der Waals surface area contributed by atoms with Gasteiger partial charge in [0.05, 0.1) is 12.5 Å². The number of amides is 1. The molecule has 102 valence electrons. The van der Waals surface area contributed by atoms with Crippen molar-refractivity contribution >= 4 is 11.9 Å². The van der Waals surface area contributed by atoms with Crippen molar-refractivity contribution in [3.63, 3.8) is 0 Å². The summed E-state index contributed by atoms with van der Waals surface area (Å²) in [5, 5.41) is 11.8. The van der Waals surface area contributed by atoms with Crippen LogP contribution in [0.1, 0.15) is 18.4 Å². The summed E-state index contributed by atoms with van der Waals surface area (Å²) in [7, 11) is 0. The minimum Gasteiger partial charge on any atom is -0.481 e. The van der Waals surface area contributed by atoms with E-state index >= 15 is 0 Å². The lowest BCUT2D eigenvalue weighted by Gasteiger charge is -2.23. The van der Waals surface area contributed by atoms with Gasteiger partial charge in [-0.15, -0.1) is 0 Å². The zero-order valence-electron chi connectivity index (χ0n) is 10.6. The quantitative estimate of drug-likeness (QED) is 0.813. The van der Waals surface area contributed by atoms with Crippen LogP contribution in [0.25, 0.3) is 0 Å². The molecule has 2 N–H and O–H groups in total. The Bertz CT molecular complexity index is 450. The van der Waals surface area contributed by atoms with E-state index in [1.54, 1.807) is 17.3 Å². The Hall–Kier alpha value is -1.95. The van der Waals surface area contributed by atoms with Gasteiger partial charge in [-0.1, -0.05) is 6.07 Å². The highest BCUT2D eigenvalue weighted by atomic mass is 16.4. The van der Waals surface area contributed by atoms with Gasteiger partial charge < -0.3 is 15.3 Å². The van der Waals surface area contributed by atoms with Crippen LogP contribution in [0.2, 0.25) is 0 Å². The molecule has 2 rings (SSSR count). The van der Waals surface area contributed by atoms with Crippen molar-refractivity contribution in [2.24, 2.45) is 0 Å². The van der Waals surface area contributed by atoms with Crippen LogP contribution in [0.5, 0.6) is 0 Å². The van der Waals surface area contributed by atoms with Crippen LogP contribution in [-0.2, 0) is 16.1 Å². The van der Waals surface area contributed by atoms with Crippen LogP contribution in [0, 0.1) is 0 Å².